The number of carbonyl (C=O) groups excluding carboxylic acids is 2. The van der Waals surface area contributed by atoms with E-state index in [0.29, 0.717) is 21.5 Å². The van der Waals surface area contributed by atoms with Crippen LogP contribution in [0.3, 0.4) is 0 Å². The summed E-state index contributed by atoms with van der Waals surface area (Å²) in [7, 11) is 1.59. The molecule has 2 heterocycles. The summed E-state index contributed by atoms with van der Waals surface area (Å²) in [5.74, 6) is 0.400. The third-order valence-electron chi connectivity index (χ3n) is 5.25. The first-order valence-corrected chi connectivity index (χ1v) is 11.5. The van der Waals surface area contributed by atoms with Gasteiger partial charge in [0.1, 0.15) is 10.1 Å². The molecule has 1 fully saturated rings. The molecule has 0 aliphatic carbocycles. The summed E-state index contributed by atoms with van der Waals surface area (Å²) in [6.45, 7) is 0.791. The van der Waals surface area contributed by atoms with Gasteiger partial charge >= 0.3 is 0 Å². The molecular weight excluding hydrogens is 442 g/mol. The number of nitrogens with zero attached hydrogens (tertiary/aromatic N) is 1. The Balaban J connectivity index is 1.29. The van der Waals surface area contributed by atoms with Crippen molar-refractivity contribution >= 4 is 57.1 Å². The number of thiocarbonyl (C=S) groups is 1. The Morgan fingerprint density at radius 1 is 1.22 bits per heavy atom. The molecule has 0 spiro atoms. The molecule has 6 nitrogen and oxygen atoms in total. The number of hydrogen-bond acceptors (Lipinski definition) is 5. The molecule has 4 rings (SSSR count). The lowest BCUT2D eigenvalue weighted by Crippen LogP contribution is -2.34. The van der Waals surface area contributed by atoms with Gasteiger partial charge in [-0.25, -0.2) is 0 Å². The van der Waals surface area contributed by atoms with E-state index in [2.05, 4.69) is 16.4 Å². The van der Waals surface area contributed by atoms with Crippen molar-refractivity contribution in [3.63, 3.8) is 0 Å². The van der Waals surface area contributed by atoms with E-state index in [1.54, 1.807) is 13.2 Å². The van der Waals surface area contributed by atoms with E-state index in [9.17, 15) is 9.59 Å². The maximum Gasteiger partial charge on any atom is 0.266 e. The number of aromatic amines is 1. The molecule has 1 aliphatic rings. The number of aromatic nitrogens is 1. The molecule has 0 atom stereocenters. The molecule has 8 heteroatoms. The molecule has 1 aliphatic heterocycles. The number of thioether (sulfide) groups is 1. The van der Waals surface area contributed by atoms with Crippen molar-refractivity contribution in [2.45, 2.75) is 12.8 Å². The van der Waals surface area contributed by atoms with Crippen LogP contribution in [0.15, 0.2) is 59.6 Å². The number of benzene rings is 2. The first kappa shape index (κ1) is 22.1. The average Bonchev–Trinajstić information content (AvgIpc) is 3.33. The molecule has 32 heavy (non-hydrogen) atoms. The van der Waals surface area contributed by atoms with Gasteiger partial charge in [-0.05, 0) is 30.2 Å². The van der Waals surface area contributed by atoms with Crippen LogP contribution in [-0.2, 0) is 16.0 Å². The first-order chi connectivity index (χ1) is 15.6. The Hall–Kier alpha value is -3.10. The van der Waals surface area contributed by atoms with E-state index in [0.717, 1.165) is 17.5 Å². The highest BCUT2D eigenvalue weighted by Crippen LogP contribution is 2.34. The number of methoxy groups -OCH3 is 1. The van der Waals surface area contributed by atoms with Crippen molar-refractivity contribution < 1.29 is 14.3 Å². The van der Waals surface area contributed by atoms with Gasteiger partial charge in [-0.2, -0.15) is 0 Å². The lowest BCUT2D eigenvalue weighted by Gasteiger charge is -2.14. The van der Waals surface area contributed by atoms with Crippen molar-refractivity contribution in [3.8, 4) is 5.75 Å². The summed E-state index contributed by atoms with van der Waals surface area (Å²) in [5.41, 5.74) is 3.06. The fourth-order valence-corrected chi connectivity index (χ4v) is 4.90. The highest BCUT2D eigenvalue weighted by molar-refractivity contribution is 8.26. The van der Waals surface area contributed by atoms with Crippen LogP contribution in [0.1, 0.15) is 17.5 Å². The smallest absolute Gasteiger partial charge is 0.266 e. The number of nitrogens with one attached hydrogen (secondary N) is 2. The largest absolute Gasteiger partial charge is 0.496 e. The normalized spacial score (nSPS) is 15.0. The van der Waals surface area contributed by atoms with E-state index in [1.165, 1.54) is 27.6 Å². The second-order valence-corrected chi connectivity index (χ2v) is 8.96. The van der Waals surface area contributed by atoms with Crippen molar-refractivity contribution in [3.05, 3.63) is 70.8 Å². The molecule has 1 saturated heterocycles. The van der Waals surface area contributed by atoms with Crippen LogP contribution in [0, 0.1) is 0 Å². The van der Waals surface area contributed by atoms with Gasteiger partial charge in [0.2, 0.25) is 5.91 Å². The Morgan fingerprint density at radius 2 is 2.00 bits per heavy atom. The second kappa shape index (κ2) is 10.0. The lowest BCUT2D eigenvalue weighted by atomic mass is 10.1. The molecular formula is C24H23N3O3S2. The molecule has 164 valence electrons. The van der Waals surface area contributed by atoms with Gasteiger partial charge in [-0.3, -0.25) is 14.5 Å². The molecule has 0 bridgehead atoms. The number of fused-ring (bicyclic) bond motifs is 1. The fraction of sp³-hybridized carbons (Fsp3) is 0.208. The van der Waals surface area contributed by atoms with E-state index >= 15 is 0 Å². The zero-order chi connectivity index (χ0) is 22.5. The molecule has 1 aromatic heterocycles. The van der Waals surface area contributed by atoms with Gasteiger partial charge in [0.25, 0.3) is 5.91 Å². The summed E-state index contributed by atoms with van der Waals surface area (Å²) in [6.07, 6.45) is 4.69. The van der Waals surface area contributed by atoms with Crippen molar-refractivity contribution in [1.29, 1.82) is 0 Å². The lowest BCUT2D eigenvalue weighted by molar-refractivity contribution is -0.123. The van der Waals surface area contributed by atoms with Crippen LogP contribution in [0.25, 0.3) is 17.0 Å². The van der Waals surface area contributed by atoms with Gasteiger partial charge in [-0.1, -0.05) is 60.4 Å². The zero-order valence-corrected chi connectivity index (χ0v) is 19.2. The van der Waals surface area contributed by atoms with Gasteiger partial charge in [0.05, 0.1) is 12.0 Å². The van der Waals surface area contributed by atoms with Gasteiger partial charge in [0, 0.05) is 42.2 Å². The van der Waals surface area contributed by atoms with E-state index < -0.39 is 0 Å². The Kier molecular flexibility index (Phi) is 6.92. The maximum atomic E-state index is 12.8. The molecule has 0 saturated carbocycles. The topological polar surface area (TPSA) is 74.4 Å². The molecule has 3 aromatic rings. The van der Waals surface area contributed by atoms with Gasteiger partial charge in [-0.15, -0.1) is 0 Å². The average molecular weight is 466 g/mol. The fourth-order valence-electron chi connectivity index (χ4n) is 3.60. The standard InChI is InChI=1S/C24H23N3O3S2/c1-30-20-9-5-2-6-16(20)14-21-23(29)27(24(31)32-21)13-11-22(28)25-12-10-17-15-26-19-8-4-3-7-18(17)19/h2-9,14-15,26H,10-13H2,1H3,(H,25,28). The number of para-hydroxylation sites is 2. The second-order valence-electron chi connectivity index (χ2n) is 7.28. The summed E-state index contributed by atoms with van der Waals surface area (Å²) >= 11 is 6.61. The zero-order valence-electron chi connectivity index (χ0n) is 17.6. The van der Waals surface area contributed by atoms with Crippen molar-refractivity contribution in [2.24, 2.45) is 0 Å². The third-order valence-corrected chi connectivity index (χ3v) is 6.63. The van der Waals surface area contributed by atoms with E-state index in [1.807, 2.05) is 48.7 Å². The summed E-state index contributed by atoms with van der Waals surface area (Å²) in [6, 6.07) is 15.6. The third kappa shape index (κ3) is 4.87. The summed E-state index contributed by atoms with van der Waals surface area (Å²) < 4.78 is 5.81. The van der Waals surface area contributed by atoms with Gasteiger partial charge < -0.3 is 15.0 Å². The molecule has 0 unspecified atom stereocenters. The highest BCUT2D eigenvalue weighted by Gasteiger charge is 2.32. The Labute approximate surface area is 196 Å². The minimum Gasteiger partial charge on any atom is -0.496 e. The molecule has 0 radical (unpaired) electrons. The minimum absolute atomic E-state index is 0.104. The van der Waals surface area contributed by atoms with Crippen molar-refractivity contribution in [2.75, 3.05) is 20.2 Å². The molecule has 2 amide bonds. The van der Waals surface area contributed by atoms with Crippen LogP contribution >= 0.6 is 24.0 Å². The molecule has 2 N–H and O–H groups in total. The first-order valence-electron chi connectivity index (χ1n) is 10.3. The Bertz CT molecular complexity index is 1200. The highest BCUT2D eigenvalue weighted by atomic mass is 32.2. The van der Waals surface area contributed by atoms with E-state index in [-0.39, 0.29) is 24.8 Å². The summed E-state index contributed by atoms with van der Waals surface area (Å²) in [5, 5.41) is 4.10. The minimum atomic E-state index is -0.183. The number of amides is 2. The van der Waals surface area contributed by atoms with Crippen LogP contribution in [0.5, 0.6) is 5.75 Å². The van der Waals surface area contributed by atoms with Crippen LogP contribution in [-0.4, -0.2) is 46.2 Å². The maximum absolute atomic E-state index is 12.8. The number of ether oxygens (including phenoxy) is 1. The predicted octanol–water partition coefficient (Wildman–Crippen LogP) is 4.13. The quantitative estimate of drug-likeness (QED) is 0.387. The SMILES string of the molecule is COc1ccccc1C=C1SC(=S)N(CCC(=O)NCCc2c[nH]c3ccccc23)C1=O. The van der Waals surface area contributed by atoms with Crippen LogP contribution < -0.4 is 10.1 Å². The number of hydrogen-bond donors (Lipinski definition) is 2. The number of rotatable bonds is 8. The predicted molar refractivity (Wildman–Crippen MR) is 133 cm³/mol. The van der Waals surface area contributed by atoms with Crippen molar-refractivity contribution in [1.82, 2.24) is 15.2 Å². The number of H-pyrrole nitrogens is 1. The summed E-state index contributed by atoms with van der Waals surface area (Å²) in [4.78, 5) is 30.4. The van der Waals surface area contributed by atoms with Crippen LogP contribution in [0.4, 0.5) is 0 Å². The van der Waals surface area contributed by atoms with Crippen LogP contribution in [0.2, 0.25) is 0 Å². The monoisotopic (exact) mass is 465 g/mol. The van der Waals surface area contributed by atoms with E-state index in [4.69, 9.17) is 17.0 Å². The molecule has 2 aromatic carbocycles. The van der Waals surface area contributed by atoms with Gasteiger partial charge in [0.15, 0.2) is 0 Å². The number of carbonyl (C=O) groups is 2. The Morgan fingerprint density at radius 3 is 2.84 bits per heavy atom.